The Morgan fingerprint density at radius 1 is 1.24 bits per heavy atom. The number of likely N-dealkylation sites (tertiary alicyclic amines) is 1. The topological polar surface area (TPSA) is 94.6 Å². The number of carbonyl (C=O) groups excluding carboxylic acids is 1. The van der Waals surface area contributed by atoms with E-state index in [2.05, 4.69) is 27.7 Å². The molecule has 0 saturated carbocycles. The number of rotatable bonds is 9. The Morgan fingerprint density at radius 2 is 2.03 bits per heavy atom. The second-order valence-electron chi connectivity index (χ2n) is 9.08. The number of aromatic nitrogens is 1. The predicted octanol–water partition coefficient (Wildman–Crippen LogP) is 4.27. The number of anilines is 1. The molecule has 2 atom stereocenters. The third-order valence-corrected chi connectivity index (χ3v) is 7.29. The number of hydrogen-bond donors (Lipinski definition) is 3. The number of carboxylic acid groups (broad SMARTS) is 1. The van der Waals surface area contributed by atoms with Crippen LogP contribution in [0.1, 0.15) is 47.3 Å². The molecule has 9 heteroatoms. The molecular formula is C25H30Cl2N4O3. The van der Waals surface area contributed by atoms with Gasteiger partial charge in [0.2, 0.25) is 0 Å². The standard InChI is InChI=1S/C25H30Cl2N4O3/c26-19-4-1-5-20(27)22(19)24(32)30-21(25(33)34)11-14-31-13-10-16(15-31)6-8-18-9-7-17-3-2-12-28-23(17)29-18/h1,4-5,7,9,16,21H,2-3,6,8,10-15H2,(H,28,29)(H,30,32)(H,33,34)/t16-,21?/m1/s1. The molecule has 1 aromatic carbocycles. The number of nitrogens with zero attached hydrogens (tertiary/aromatic N) is 2. The molecule has 1 unspecified atom stereocenters. The highest BCUT2D eigenvalue weighted by atomic mass is 35.5. The quantitative estimate of drug-likeness (QED) is 0.471. The highest BCUT2D eigenvalue weighted by Gasteiger charge is 2.27. The molecule has 7 nitrogen and oxygen atoms in total. The first-order chi connectivity index (χ1) is 16.4. The fourth-order valence-corrected chi connectivity index (χ4v) is 5.29. The highest BCUT2D eigenvalue weighted by molar-refractivity contribution is 6.39. The molecule has 3 N–H and O–H groups in total. The number of aliphatic carboxylic acids is 1. The van der Waals surface area contributed by atoms with Crippen molar-refractivity contribution in [3.05, 3.63) is 57.2 Å². The van der Waals surface area contributed by atoms with Gasteiger partial charge in [-0.25, -0.2) is 9.78 Å². The number of fused-ring (bicyclic) bond motifs is 1. The summed E-state index contributed by atoms with van der Waals surface area (Å²) in [6.07, 6.45) is 5.66. The zero-order valence-corrected chi connectivity index (χ0v) is 20.5. The molecule has 1 saturated heterocycles. The molecule has 1 aromatic heterocycles. The molecule has 0 bridgehead atoms. The molecular weight excluding hydrogens is 475 g/mol. The molecule has 2 aliphatic heterocycles. The number of nitrogens with one attached hydrogen (secondary N) is 2. The highest BCUT2D eigenvalue weighted by Crippen LogP contribution is 2.26. The lowest BCUT2D eigenvalue weighted by molar-refractivity contribution is -0.139. The number of pyridine rings is 1. The van der Waals surface area contributed by atoms with Crippen molar-refractivity contribution in [2.24, 2.45) is 5.92 Å². The van der Waals surface area contributed by atoms with Crippen molar-refractivity contribution in [1.29, 1.82) is 0 Å². The lowest BCUT2D eigenvalue weighted by Crippen LogP contribution is -2.43. The van der Waals surface area contributed by atoms with Gasteiger partial charge in [0.1, 0.15) is 11.9 Å². The largest absolute Gasteiger partial charge is 0.480 e. The van der Waals surface area contributed by atoms with Crippen molar-refractivity contribution >= 4 is 40.9 Å². The van der Waals surface area contributed by atoms with E-state index in [1.807, 2.05) is 0 Å². The van der Waals surface area contributed by atoms with Gasteiger partial charge in [-0.3, -0.25) is 4.79 Å². The Bertz CT molecular complexity index is 1030. The van der Waals surface area contributed by atoms with E-state index in [0.29, 0.717) is 18.9 Å². The van der Waals surface area contributed by atoms with E-state index in [4.69, 9.17) is 28.2 Å². The first-order valence-electron chi connectivity index (χ1n) is 11.8. The summed E-state index contributed by atoms with van der Waals surface area (Å²) in [5.41, 5.74) is 2.53. The summed E-state index contributed by atoms with van der Waals surface area (Å²) in [4.78, 5) is 31.4. The van der Waals surface area contributed by atoms with Crippen molar-refractivity contribution in [2.75, 3.05) is 31.5 Å². The van der Waals surface area contributed by atoms with Crippen LogP contribution >= 0.6 is 23.2 Å². The molecule has 182 valence electrons. The molecule has 1 fully saturated rings. The van der Waals surface area contributed by atoms with Gasteiger partial charge in [-0.1, -0.05) is 35.3 Å². The number of carbonyl (C=O) groups is 2. The maximum Gasteiger partial charge on any atom is 0.326 e. The fraction of sp³-hybridized carbons (Fsp3) is 0.480. The number of hydrogen-bond acceptors (Lipinski definition) is 5. The van der Waals surface area contributed by atoms with Crippen LogP contribution in [0.15, 0.2) is 30.3 Å². The predicted molar refractivity (Wildman–Crippen MR) is 134 cm³/mol. The van der Waals surface area contributed by atoms with Crippen LogP contribution in [0.4, 0.5) is 5.82 Å². The minimum Gasteiger partial charge on any atom is -0.480 e. The molecule has 0 radical (unpaired) electrons. The lowest BCUT2D eigenvalue weighted by Gasteiger charge is -2.20. The van der Waals surface area contributed by atoms with Crippen LogP contribution in [0.25, 0.3) is 0 Å². The van der Waals surface area contributed by atoms with E-state index >= 15 is 0 Å². The van der Waals surface area contributed by atoms with E-state index in [9.17, 15) is 14.7 Å². The van der Waals surface area contributed by atoms with Crippen LogP contribution in [0.5, 0.6) is 0 Å². The van der Waals surface area contributed by atoms with E-state index in [1.54, 1.807) is 18.2 Å². The van der Waals surface area contributed by atoms with Gasteiger partial charge in [0.25, 0.3) is 5.91 Å². The van der Waals surface area contributed by atoms with Gasteiger partial charge in [-0.15, -0.1) is 0 Å². The Kier molecular flexibility index (Phi) is 8.29. The van der Waals surface area contributed by atoms with Gasteiger partial charge in [-0.2, -0.15) is 0 Å². The number of halogens is 2. The van der Waals surface area contributed by atoms with E-state index < -0.39 is 17.9 Å². The number of carboxylic acids is 1. The molecule has 2 aromatic rings. The molecule has 34 heavy (non-hydrogen) atoms. The van der Waals surface area contributed by atoms with E-state index in [0.717, 1.165) is 63.3 Å². The third-order valence-electron chi connectivity index (χ3n) is 6.66. The van der Waals surface area contributed by atoms with Gasteiger partial charge >= 0.3 is 5.97 Å². The summed E-state index contributed by atoms with van der Waals surface area (Å²) in [5.74, 6) is -0.0454. The second-order valence-corrected chi connectivity index (χ2v) is 9.90. The van der Waals surface area contributed by atoms with Crippen molar-refractivity contribution in [3.8, 4) is 0 Å². The Hall–Kier alpha value is -2.35. The van der Waals surface area contributed by atoms with Gasteiger partial charge < -0.3 is 20.6 Å². The average molecular weight is 505 g/mol. The van der Waals surface area contributed by atoms with Gasteiger partial charge in [-0.05, 0) is 74.8 Å². The number of aryl methyl sites for hydroxylation is 2. The zero-order chi connectivity index (χ0) is 24.1. The summed E-state index contributed by atoms with van der Waals surface area (Å²) < 4.78 is 0. The van der Waals surface area contributed by atoms with Crippen LogP contribution in [-0.4, -0.2) is 59.1 Å². The SMILES string of the molecule is O=C(NC(CCN1CC[C@@H](CCc2ccc3c(n2)NCCC3)C1)C(=O)O)c1c(Cl)cccc1Cl. The van der Waals surface area contributed by atoms with Crippen LogP contribution in [0, 0.1) is 5.92 Å². The van der Waals surface area contributed by atoms with Crippen LogP contribution < -0.4 is 10.6 Å². The Balaban J connectivity index is 1.24. The van der Waals surface area contributed by atoms with Gasteiger partial charge in [0.15, 0.2) is 0 Å². The van der Waals surface area contributed by atoms with E-state index in [-0.39, 0.29) is 15.6 Å². The fourth-order valence-electron chi connectivity index (χ4n) is 4.73. The monoisotopic (exact) mass is 504 g/mol. The normalized spacial score (nSPS) is 18.7. The third kappa shape index (κ3) is 6.20. The van der Waals surface area contributed by atoms with Crippen molar-refractivity contribution in [3.63, 3.8) is 0 Å². The first-order valence-corrected chi connectivity index (χ1v) is 12.6. The van der Waals surface area contributed by atoms with Crippen molar-refractivity contribution < 1.29 is 14.7 Å². The Labute approximate surface area is 209 Å². The molecule has 4 rings (SSSR count). The summed E-state index contributed by atoms with van der Waals surface area (Å²) in [5, 5.41) is 16.0. The van der Waals surface area contributed by atoms with Gasteiger partial charge in [0, 0.05) is 25.3 Å². The minimum atomic E-state index is -1.07. The molecule has 3 heterocycles. The maximum atomic E-state index is 12.6. The lowest BCUT2D eigenvalue weighted by atomic mass is 10.00. The summed E-state index contributed by atoms with van der Waals surface area (Å²) in [6, 6.07) is 8.08. The van der Waals surface area contributed by atoms with Crippen LogP contribution in [-0.2, 0) is 17.6 Å². The van der Waals surface area contributed by atoms with Crippen molar-refractivity contribution in [1.82, 2.24) is 15.2 Å². The molecule has 1 amide bonds. The van der Waals surface area contributed by atoms with E-state index in [1.165, 1.54) is 5.56 Å². The summed E-state index contributed by atoms with van der Waals surface area (Å²) >= 11 is 12.2. The number of amides is 1. The van der Waals surface area contributed by atoms with Crippen LogP contribution in [0.3, 0.4) is 0 Å². The maximum absolute atomic E-state index is 12.6. The second kappa shape index (κ2) is 11.4. The first kappa shape index (κ1) is 24.8. The summed E-state index contributed by atoms with van der Waals surface area (Å²) in [7, 11) is 0. The molecule has 0 spiro atoms. The van der Waals surface area contributed by atoms with Gasteiger partial charge in [0.05, 0.1) is 15.6 Å². The van der Waals surface area contributed by atoms with Crippen molar-refractivity contribution in [2.45, 2.75) is 44.6 Å². The summed E-state index contributed by atoms with van der Waals surface area (Å²) in [6.45, 7) is 3.45. The number of benzene rings is 1. The zero-order valence-electron chi connectivity index (χ0n) is 19.0. The van der Waals surface area contributed by atoms with Crippen LogP contribution in [0.2, 0.25) is 10.0 Å². The molecule has 2 aliphatic rings. The molecule has 0 aliphatic carbocycles. The smallest absolute Gasteiger partial charge is 0.326 e. The average Bonchev–Trinajstić information content (AvgIpc) is 3.28. The minimum absolute atomic E-state index is 0.101. The Morgan fingerprint density at radius 3 is 2.79 bits per heavy atom.